The van der Waals surface area contributed by atoms with Crippen LogP contribution in [0, 0.1) is 6.92 Å². The van der Waals surface area contributed by atoms with Gasteiger partial charge >= 0.3 is 0 Å². The SMILES string of the molecule is Cc1nc(C2CN(CCC(=O)N3CCNCC3)CCO2)n[nH]1. The zero-order valence-electron chi connectivity index (χ0n) is 13.0. The molecular formula is C14H24N6O2. The monoisotopic (exact) mass is 308 g/mol. The average molecular weight is 308 g/mol. The minimum absolute atomic E-state index is 0.104. The summed E-state index contributed by atoms with van der Waals surface area (Å²) in [5.74, 6) is 1.75. The van der Waals surface area contributed by atoms with E-state index in [9.17, 15) is 4.79 Å². The van der Waals surface area contributed by atoms with Crippen LogP contribution in [-0.2, 0) is 9.53 Å². The lowest BCUT2D eigenvalue weighted by Gasteiger charge is -2.32. The number of aryl methyl sites for hydroxylation is 1. The van der Waals surface area contributed by atoms with Crippen LogP contribution in [-0.4, -0.2) is 83.3 Å². The van der Waals surface area contributed by atoms with Crippen molar-refractivity contribution in [3.63, 3.8) is 0 Å². The Kier molecular flexibility index (Phi) is 5.01. The molecule has 0 bridgehead atoms. The Morgan fingerprint density at radius 1 is 1.36 bits per heavy atom. The Morgan fingerprint density at radius 2 is 2.18 bits per heavy atom. The number of carbonyl (C=O) groups excluding carboxylic acids is 1. The van der Waals surface area contributed by atoms with Gasteiger partial charge in [0.25, 0.3) is 0 Å². The maximum atomic E-state index is 12.2. The molecular weight excluding hydrogens is 284 g/mol. The normalized spacial score (nSPS) is 23.7. The Balaban J connectivity index is 1.47. The van der Waals surface area contributed by atoms with Gasteiger partial charge in [-0.25, -0.2) is 4.98 Å². The molecule has 122 valence electrons. The van der Waals surface area contributed by atoms with Gasteiger partial charge in [0.2, 0.25) is 5.91 Å². The first kappa shape index (κ1) is 15.4. The number of amides is 1. The molecule has 2 N–H and O–H groups in total. The van der Waals surface area contributed by atoms with Crippen molar-refractivity contribution in [3.05, 3.63) is 11.6 Å². The minimum atomic E-state index is -0.104. The van der Waals surface area contributed by atoms with Crippen LogP contribution in [0.2, 0.25) is 0 Å². The number of piperazine rings is 1. The predicted molar refractivity (Wildman–Crippen MR) is 80.3 cm³/mol. The number of rotatable bonds is 4. The second-order valence-electron chi connectivity index (χ2n) is 5.82. The van der Waals surface area contributed by atoms with Gasteiger partial charge in [0.05, 0.1) is 6.61 Å². The largest absolute Gasteiger partial charge is 0.367 e. The van der Waals surface area contributed by atoms with Crippen LogP contribution in [0.5, 0.6) is 0 Å². The van der Waals surface area contributed by atoms with E-state index in [0.717, 1.165) is 51.6 Å². The van der Waals surface area contributed by atoms with E-state index in [1.54, 1.807) is 0 Å². The first-order valence-electron chi connectivity index (χ1n) is 7.94. The third-order valence-corrected chi connectivity index (χ3v) is 4.16. The number of nitrogens with one attached hydrogen (secondary N) is 2. The van der Waals surface area contributed by atoms with E-state index in [-0.39, 0.29) is 12.0 Å². The highest BCUT2D eigenvalue weighted by Gasteiger charge is 2.26. The molecule has 2 aliphatic heterocycles. The van der Waals surface area contributed by atoms with Gasteiger partial charge in [-0.05, 0) is 6.92 Å². The van der Waals surface area contributed by atoms with E-state index in [1.165, 1.54) is 0 Å². The molecule has 2 fully saturated rings. The minimum Gasteiger partial charge on any atom is -0.367 e. The van der Waals surface area contributed by atoms with Crippen LogP contribution in [0.25, 0.3) is 0 Å². The zero-order valence-corrected chi connectivity index (χ0v) is 13.0. The van der Waals surface area contributed by atoms with Crippen LogP contribution in [0.3, 0.4) is 0 Å². The average Bonchev–Trinajstić information content (AvgIpc) is 3.00. The second kappa shape index (κ2) is 7.17. The summed E-state index contributed by atoms with van der Waals surface area (Å²) in [4.78, 5) is 20.8. The van der Waals surface area contributed by atoms with Crippen molar-refractivity contribution in [1.29, 1.82) is 0 Å². The number of H-pyrrole nitrogens is 1. The third kappa shape index (κ3) is 3.82. The predicted octanol–water partition coefficient (Wildman–Crippen LogP) is -0.692. The fourth-order valence-electron chi connectivity index (χ4n) is 2.89. The van der Waals surface area contributed by atoms with Crippen molar-refractivity contribution >= 4 is 5.91 Å². The van der Waals surface area contributed by atoms with Crippen molar-refractivity contribution in [2.24, 2.45) is 0 Å². The molecule has 0 saturated carbocycles. The summed E-state index contributed by atoms with van der Waals surface area (Å²) in [7, 11) is 0. The van der Waals surface area contributed by atoms with Gasteiger partial charge in [-0.2, -0.15) is 5.10 Å². The number of hydrogen-bond acceptors (Lipinski definition) is 6. The van der Waals surface area contributed by atoms with Crippen LogP contribution < -0.4 is 5.32 Å². The van der Waals surface area contributed by atoms with Gasteiger partial charge in [0, 0.05) is 52.2 Å². The number of nitrogens with zero attached hydrogens (tertiary/aromatic N) is 4. The number of aromatic amines is 1. The molecule has 1 amide bonds. The molecule has 3 rings (SSSR count). The van der Waals surface area contributed by atoms with Crippen molar-refractivity contribution in [2.75, 3.05) is 52.4 Å². The molecule has 1 atom stereocenters. The molecule has 0 radical (unpaired) electrons. The number of hydrogen-bond donors (Lipinski definition) is 2. The maximum Gasteiger partial charge on any atom is 0.223 e. The van der Waals surface area contributed by atoms with Gasteiger partial charge in [-0.1, -0.05) is 0 Å². The van der Waals surface area contributed by atoms with Crippen LogP contribution in [0.1, 0.15) is 24.2 Å². The Bertz CT molecular complexity index is 499. The molecule has 0 aliphatic carbocycles. The summed E-state index contributed by atoms with van der Waals surface area (Å²) >= 11 is 0. The highest BCUT2D eigenvalue weighted by atomic mass is 16.5. The molecule has 0 aromatic carbocycles. The van der Waals surface area contributed by atoms with Gasteiger partial charge in [-0.3, -0.25) is 14.8 Å². The quantitative estimate of drug-likeness (QED) is 0.765. The lowest BCUT2D eigenvalue weighted by Crippen LogP contribution is -2.47. The second-order valence-corrected chi connectivity index (χ2v) is 5.82. The van der Waals surface area contributed by atoms with E-state index in [0.29, 0.717) is 18.9 Å². The molecule has 1 aromatic rings. The number of aromatic nitrogens is 3. The van der Waals surface area contributed by atoms with E-state index in [4.69, 9.17) is 4.74 Å². The van der Waals surface area contributed by atoms with E-state index in [2.05, 4.69) is 25.4 Å². The Labute approximate surface area is 130 Å². The number of morpholine rings is 1. The number of carbonyl (C=O) groups is 1. The standard InChI is InChI=1S/C14H24N6O2/c1-11-16-14(18-17-11)12-10-19(8-9-22-12)5-2-13(21)20-6-3-15-4-7-20/h12,15H,2-10H2,1H3,(H,16,17,18). The molecule has 1 unspecified atom stereocenters. The highest BCUT2D eigenvalue weighted by Crippen LogP contribution is 2.19. The van der Waals surface area contributed by atoms with Crippen LogP contribution in [0.4, 0.5) is 0 Å². The Hall–Kier alpha value is -1.51. The topological polar surface area (TPSA) is 86.4 Å². The number of ether oxygens (including phenoxy) is 1. The summed E-state index contributed by atoms with van der Waals surface area (Å²) in [6, 6.07) is 0. The van der Waals surface area contributed by atoms with Crippen molar-refractivity contribution in [3.8, 4) is 0 Å². The van der Waals surface area contributed by atoms with Gasteiger partial charge < -0.3 is 15.0 Å². The van der Waals surface area contributed by atoms with Gasteiger partial charge in [0.1, 0.15) is 11.9 Å². The molecule has 2 saturated heterocycles. The van der Waals surface area contributed by atoms with Crippen LogP contribution in [0.15, 0.2) is 0 Å². The maximum absolute atomic E-state index is 12.2. The van der Waals surface area contributed by atoms with E-state index >= 15 is 0 Å². The summed E-state index contributed by atoms with van der Waals surface area (Å²) in [6.45, 7) is 8.34. The fraction of sp³-hybridized carbons (Fsp3) is 0.786. The Morgan fingerprint density at radius 3 is 2.91 bits per heavy atom. The first-order chi connectivity index (χ1) is 10.7. The summed E-state index contributed by atoms with van der Waals surface area (Å²) in [5, 5.41) is 10.3. The molecule has 8 heteroatoms. The smallest absolute Gasteiger partial charge is 0.223 e. The molecule has 3 heterocycles. The van der Waals surface area contributed by atoms with Crippen molar-refractivity contribution < 1.29 is 9.53 Å². The zero-order chi connectivity index (χ0) is 15.4. The van der Waals surface area contributed by atoms with E-state index < -0.39 is 0 Å². The highest BCUT2D eigenvalue weighted by molar-refractivity contribution is 5.76. The van der Waals surface area contributed by atoms with Crippen molar-refractivity contribution in [1.82, 2.24) is 30.3 Å². The lowest BCUT2D eigenvalue weighted by molar-refractivity contribution is -0.132. The lowest BCUT2D eigenvalue weighted by atomic mass is 10.2. The van der Waals surface area contributed by atoms with Gasteiger partial charge in [-0.15, -0.1) is 0 Å². The van der Waals surface area contributed by atoms with Crippen LogP contribution >= 0.6 is 0 Å². The molecule has 1 aromatic heterocycles. The first-order valence-corrected chi connectivity index (χ1v) is 7.94. The third-order valence-electron chi connectivity index (χ3n) is 4.16. The summed E-state index contributed by atoms with van der Waals surface area (Å²) < 4.78 is 5.74. The molecule has 22 heavy (non-hydrogen) atoms. The van der Waals surface area contributed by atoms with Crippen molar-refractivity contribution in [2.45, 2.75) is 19.4 Å². The summed E-state index contributed by atoms with van der Waals surface area (Å²) in [6.07, 6.45) is 0.465. The summed E-state index contributed by atoms with van der Waals surface area (Å²) in [5.41, 5.74) is 0. The molecule has 2 aliphatic rings. The van der Waals surface area contributed by atoms with Gasteiger partial charge in [0.15, 0.2) is 5.82 Å². The van der Waals surface area contributed by atoms with E-state index in [1.807, 2.05) is 11.8 Å². The molecule has 0 spiro atoms. The fourth-order valence-corrected chi connectivity index (χ4v) is 2.89. The molecule has 8 nitrogen and oxygen atoms in total.